The van der Waals surface area contributed by atoms with Crippen LogP contribution in [0, 0.1) is 11.3 Å². The number of carbonyl (C=O) groups excluding carboxylic acids is 2. The summed E-state index contributed by atoms with van der Waals surface area (Å²) in [6, 6.07) is 14.2. The number of allylic oxidation sites excluding steroid dienone is 2. The standard InChI is InChI=1S/C25H27NO3/c1-5-29-24(28)21-15(2)26-19-13-25(3,4)14-20(27)23(19)22(21)18-12-8-10-16-9-6-7-11-17(16)18/h6-12,21-22H,5,13-14H2,1-4H3/t21?,22-/m0/s1. The van der Waals surface area contributed by atoms with E-state index in [9.17, 15) is 9.59 Å². The van der Waals surface area contributed by atoms with Crippen LogP contribution in [0.25, 0.3) is 10.8 Å². The maximum Gasteiger partial charge on any atom is 0.315 e. The lowest BCUT2D eigenvalue weighted by Gasteiger charge is -2.39. The molecule has 0 N–H and O–H groups in total. The van der Waals surface area contributed by atoms with E-state index in [1.165, 1.54) is 0 Å². The van der Waals surface area contributed by atoms with E-state index < -0.39 is 5.92 Å². The average Bonchev–Trinajstić information content (AvgIpc) is 2.65. The number of benzene rings is 2. The molecular formula is C25H27NO3. The first-order valence-electron chi connectivity index (χ1n) is 10.3. The first kappa shape index (κ1) is 19.6. The van der Waals surface area contributed by atoms with Crippen LogP contribution >= 0.6 is 0 Å². The lowest BCUT2D eigenvalue weighted by molar-refractivity contribution is -0.146. The van der Waals surface area contributed by atoms with Crippen LogP contribution in [0.3, 0.4) is 0 Å². The monoisotopic (exact) mass is 389 g/mol. The molecule has 150 valence electrons. The van der Waals surface area contributed by atoms with Crippen molar-refractivity contribution in [1.82, 2.24) is 0 Å². The summed E-state index contributed by atoms with van der Waals surface area (Å²) in [7, 11) is 0. The molecule has 2 aromatic rings. The Morgan fingerprint density at radius 3 is 2.62 bits per heavy atom. The molecule has 4 nitrogen and oxygen atoms in total. The van der Waals surface area contributed by atoms with Gasteiger partial charge in [0.2, 0.25) is 0 Å². The quantitative estimate of drug-likeness (QED) is 0.676. The second kappa shape index (κ2) is 7.25. The Bertz CT molecular complexity index is 1060. The first-order valence-corrected chi connectivity index (χ1v) is 10.3. The lowest BCUT2D eigenvalue weighted by Crippen LogP contribution is -2.39. The summed E-state index contributed by atoms with van der Waals surface area (Å²) < 4.78 is 5.42. The molecule has 0 fully saturated rings. The van der Waals surface area contributed by atoms with E-state index in [0.29, 0.717) is 18.6 Å². The molecule has 1 unspecified atom stereocenters. The Morgan fingerprint density at radius 1 is 1.14 bits per heavy atom. The van der Waals surface area contributed by atoms with Crippen molar-refractivity contribution in [3.8, 4) is 0 Å². The second-order valence-electron chi connectivity index (χ2n) is 8.83. The van der Waals surface area contributed by atoms with E-state index in [1.807, 2.05) is 31.2 Å². The molecule has 1 heterocycles. The average molecular weight is 389 g/mol. The van der Waals surface area contributed by atoms with Crippen LogP contribution in [0.5, 0.6) is 0 Å². The van der Waals surface area contributed by atoms with E-state index in [0.717, 1.165) is 34.2 Å². The predicted molar refractivity (Wildman–Crippen MR) is 115 cm³/mol. The molecule has 0 spiro atoms. The molecule has 0 bridgehead atoms. The van der Waals surface area contributed by atoms with E-state index >= 15 is 0 Å². The minimum atomic E-state index is -0.579. The number of ketones is 1. The number of carbonyl (C=O) groups is 2. The van der Waals surface area contributed by atoms with Crippen molar-refractivity contribution in [1.29, 1.82) is 0 Å². The second-order valence-corrected chi connectivity index (χ2v) is 8.83. The van der Waals surface area contributed by atoms with Crippen molar-refractivity contribution in [2.24, 2.45) is 16.3 Å². The first-order chi connectivity index (χ1) is 13.8. The third kappa shape index (κ3) is 3.41. The fourth-order valence-electron chi connectivity index (χ4n) is 4.84. The summed E-state index contributed by atoms with van der Waals surface area (Å²) in [4.78, 5) is 31.1. The molecule has 0 amide bonds. The smallest absolute Gasteiger partial charge is 0.315 e. The zero-order valence-electron chi connectivity index (χ0n) is 17.5. The van der Waals surface area contributed by atoms with Crippen LogP contribution in [0.1, 0.15) is 52.0 Å². The highest BCUT2D eigenvalue weighted by molar-refractivity contribution is 6.10. The van der Waals surface area contributed by atoms with E-state index in [2.05, 4.69) is 32.0 Å². The Morgan fingerprint density at radius 2 is 1.86 bits per heavy atom. The molecule has 4 heteroatoms. The highest BCUT2D eigenvalue weighted by Crippen LogP contribution is 2.49. The van der Waals surface area contributed by atoms with Gasteiger partial charge in [0.05, 0.1) is 6.61 Å². The fraction of sp³-hybridized carbons (Fsp3) is 0.400. The molecule has 2 atom stereocenters. The number of Topliss-reactive ketones (excluding diaryl/α,β-unsaturated/α-hetero) is 1. The van der Waals surface area contributed by atoms with Crippen molar-refractivity contribution in [3.05, 3.63) is 59.3 Å². The Labute approximate surface area is 171 Å². The molecule has 29 heavy (non-hydrogen) atoms. The summed E-state index contributed by atoms with van der Waals surface area (Å²) in [5, 5.41) is 2.16. The van der Waals surface area contributed by atoms with Crippen molar-refractivity contribution in [3.63, 3.8) is 0 Å². The van der Waals surface area contributed by atoms with Crippen LogP contribution in [-0.4, -0.2) is 24.1 Å². The van der Waals surface area contributed by atoms with E-state index in [4.69, 9.17) is 9.73 Å². The number of hydrogen-bond acceptors (Lipinski definition) is 4. The molecule has 0 radical (unpaired) electrons. The molecule has 0 saturated heterocycles. The summed E-state index contributed by atoms with van der Waals surface area (Å²) in [6.07, 6.45) is 1.21. The number of esters is 1. The topological polar surface area (TPSA) is 55.7 Å². The summed E-state index contributed by atoms with van der Waals surface area (Å²) in [5.74, 6) is -1.16. The zero-order valence-corrected chi connectivity index (χ0v) is 17.5. The fourth-order valence-corrected chi connectivity index (χ4v) is 4.84. The van der Waals surface area contributed by atoms with Crippen LogP contribution < -0.4 is 0 Å². The van der Waals surface area contributed by atoms with Crippen LogP contribution in [-0.2, 0) is 14.3 Å². The van der Waals surface area contributed by atoms with Gasteiger partial charge in [-0.15, -0.1) is 0 Å². The van der Waals surface area contributed by atoms with Gasteiger partial charge in [0.15, 0.2) is 5.78 Å². The van der Waals surface area contributed by atoms with Crippen LogP contribution in [0.15, 0.2) is 58.7 Å². The largest absolute Gasteiger partial charge is 0.465 e. The Balaban J connectivity index is 1.97. The summed E-state index contributed by atoms with van der Waals surface area (Å²) >= 11 is 0. The number of hydrogen-bond donors (Lipinski definition) is 0. The lowest BCUT2D eigenvalue weighted by atomic mass is 9.66. The highest BCUT2D eigenvalue weighted by atomic mass is 16.5. The van der Waals surface area contributed by atoms with Crippen molar-refractivity contribution >= 4 is 28.2 Å². The molecule has 2 aromatic carbocycles. The number of ether oxygens (including phenoxy) is 1. The van der Waals surface area contributed by atoms with Gasteiger partial charge in [-0.25, -0.2) is 0 Å². The normalized spacial score (nSPS) is 23.6. The van der Waals surface area contributed by atoms with Gasteiger partial charge in [0.1, 0.15) is 5.92 Å². The predicted octanol–water partition coefficient (Wildman–Crippen LogP) is 5.22. The maximum absolute atomic E-state index is 13.3. The third-order valence-electron chi connectivity index (χ3n) is 6.00. The van der Waals surface area contributed by atoms with E-state index in [-0.39, 0.29) is 23.1 Å². The highest BCUT2D eigenvalue weighted by Gasteiger charge is 2.46. The van der Waals surface area contributed by atoms with E-state index in [1.54, 1.807) is 6.92 Å². The Hall–Kier alpha value is -2.75. The van der Waals surface area contributed by atoms with Gasteiger partial charge in [-0.2, -0.15) is 0 Å². The molecule has 4 rings (SSSR count). The van der Waals surface area contributed by atoms with Gasteiger partial charge in [-0.3, -0.25) is 14.6 Å². The summed E-state index contributed by atoms with van der Waals surface area (Å²) in [6.45, 7) is 8.19. The molecule has 0 saturated carbocycles. The third-order valence-corrected chi connectivity index (χ3v) is 6.00. The van der Waals surface area contributed by atoms with Crippen molar-refractivity contribution in [2.75, 3.05) is 6.61 Å². The van der Waals surface area contributed by atoms with Gasteiger partial charge in [-0.05, 0) is 42.0 Å². The minimum absolute atomic E-state index is 0.0970. The number of nitrogens with zero attached hydrogens (tertiary/aromatic N) is 1. The number of rotatable bonds is 3. The van der Waals surface area contributed by atoms with Gasteiger partial charge < -0.3 is 4.74 Å². The van der Waals surface area contributed by atoms with Gasteiger partial charge >= 0.3 is 5.97 Å². The molecule has 1 aliphatic carbocycles. The van der Waals surface area contributed by atoms with Crippen molar-refractivity contribution in [2.45, 2.75) is 46.5 Å². The maximum atomic E-state index is 13.3. The van der Waals surface area contributed by atoms with Crippen LogP contribution in [0.4, 0.5) is 0 Å². The van der Waals surface area contributed by atoms with Gasteiger partial charge in [0, 0.05) is 29.3 Å². The van der Waals surface area contributed by atoms with Crippen LogP contribution in [0.2, 0.25) is 0 Å². The summed E-state index contributed by atoms with van der Waals surface area (Å²) in [5.41, 5.74) is 3.13. The van der Waals surface area contributed by atoms with Crippen molar-refractivity contribution < 1.29 is 14.3 Å². The number of fused-ring (bicyclic) bond motifs is 1. The SMILES string of the molecule is CCOC(=O)C1C(C)=NC2=C(C(=O)CC(C)(C)C2)[C@H]1c1cccc2ccccc12. The minimum Gasteiger partial charge on any atom is -0.465 e. The van der Waals surface area contributed by atoms with Gasteiger partial charge in [-0.1, -0.05) is 56.3 Å². The Kier molecular flexibility index (Phi) is 4.89. The van der Waals surface area contributed by atoms with Gasteiger partial charge in [0.25, 0.3) is 0 Å². The molecule has 2 aliphatic rings. The number of aliphatic imine (C=N–C) groups is 1. The zero-order chi connectivity index (χ0) is 20.8. The molecule has 1 aliphatic heterocycles. The molecule has 0 aromatic heterocycles. The molecular weight excluding hydrogens is 362 g/mol.